The molecule has 0 bridgehead atoms. The molecule has 0 spiro atoms. The van der Waals surface area contributed by atoms with E-state index in [2.05, 4.69) is 26.6 Å². The molecule has 2 amide bonds. The fourth-order valence-corrected chi connectivity index (χ4v) is 3.60. The van der Waals surface area contributed by atoms with E-state index in [1.165, 1.54) is 18.7 Å². The first-order valence-corrected chi connectivity index (χ1v) is 9.29. The van der Waals surface area contributed by atoms with Gasteiger partial charge in [-0.3, -0.25) is 9.59 Å². The van der Waals surface area contributed by atoms with Gasteiger partial charge in [0.25, 0.3) is 0 Å². The van der Waals surface area contributed by atoms with E-state index in [4.69, 9.17) is 0 Å². The van der Waals surface area contributed by atoms with Crippen LogP contribution in [0.4, 0.5) is 0 Å². The van der Waals surface area contributed by atoms with Crippen molar-refractivity contribution in [3.63, 3.8) is 0 Å². The maximum atomic E-state index is 12.4. The van der Waals surface area contributed by atoms with Gasteiger partial charge in [-0.05, 0) is 23.8 Å². The Kier molecular flexibility index (Phi) is 7.34. The first-order valence-electron chi connectivity index (χ1n) is 7.51. The fourth-order valence-electron chi connectivity index (χ4n) is 2.07. The Hall–Kier alpha value is -1.79. The van der Waals surface area contributed by atoms with Gasteiger partial charge in [-0.15, -0.1) is 11.8 Å². The SMILES string of the molecule is CC(=O)NC(CSc1cccc(Br)c1)C(=O)NCc1ccccc1. The highest BCUT2D eigenvalue weighted by Crippen LogP contribution is 2.22. The molecule has 0 aromatic heterocycles. The second-order valence-corrected chi connectivity index (χ2v) is 7.23. The lowest BCUT2D eigenvalue weighted by molar-refractivity contribution is -0.127. The van der Waals surface area contributed by atoms with Gasteiger partial charge in [-0.2, -0.15) is 0 Å². The molecule has 0 radical (unpaired) electrons. The van der Waals surface area contributed by atoms with Crippen LogP contribution in [-0.2, 0) is 16.1 Å². The smallest absolute Gasteiger partial charge is 0.243 e. The topological polar surface area (TPSA) is 58.2 Å². The lowest BCUT2D eigenvalue weighted by atomic mass is 10.2. The van der Waals surface area contributed by atoms with Gasteiger partial charge in [0.2, 0.25) is 11.8 Å². The molecule has 2 aromatic carbocycles. The van der Waals surface area contributed by atoms with E-state index < -0.39 is 6.04 Å². The molecular weight excluding hydrogens is 388 g/mol. The highest BCUT2D eigenvalue weighted by molar-refractivity contribution is 9.10. The number of hydrogen-bond acceptors (Lipinski definition) is 3. The molecule has 0 aliphatic rings. The van der Waals surface area contributed by atoms with E-state index in [9.17, 15) is 9.59 Å². The Labute approximate surface area is 154 Å². The number of carbonyl (C=O) groups excluding carboxylic acids is 2. The molecule has 2 aromatic rings. The zero-order valence-electron chi connectivity index (χ0n) is 13.3. The minimum Gasteiger partial charge on any atom is -0.350 e. The highest BCUT2D eigenvalue weighted by atomic mass is 79.9. The van der Waals surface area contributed by atoms with Crippen molar-refractivity contribution in [2.24, 2.45) is 0 Å². The minimum absolute atomic E-state index is 0.184. The number of thioether (sulfide) groups is 1. The van der Waals surface area contributed by atoms with Crippen molar-refractivity contribution in [1.29, 1.82) is 0 Å². The van der Waals surface area contributed by atoms with Crippen molar-refractivity contribution in [3.05, 3.63) is 64.6 Å². The third-order valence-electron chi connectivity index (χ3n) is 3.22. The molecule has 0 aliphatic carbocycles. The van der Waals surface area contributed by atoms with Crippen LogP contribution in [0, 0.1) is 0 Å². The normalized spacial score (nSPS) is 11.6. The molecular formula is C18H19BrN2O2S. The van der Waals surface area contributed by atoms with Crippen LogP contribution in [0.2, 0.25) is 0 Å². The van der Waals surface area contributed by atoms with E-state index >= 15 is 0 Å². The van der Waals surface area contributed by atoms with Crippen LogP contribution < -0.4 is 10.6 Å². The molecule has 0 aliphatic heterocycles. The predicted molar refractivity (Wildman–Crippen MR) is 101 cm³/mol. The molecule has 2 N–H and O–H groups in total. The van der Waals surface area contributed by atoms with Crippen LogP contribution in [0.15, 0.2) is 64.0 Å². The van der Waals surface area contributed by atoms with E-state index in [0.29, 0.717) is 12.3 Å². The second kappa shape index (κ2) is 9.49. The number of benzene rings is 2. The number of halogens is 1. The molecule has 0 saturated heterocycles. The van der Waals surface area contributed by atoms with Crippen molar-refractivity contribution in [3.8, 4) is 0 Å². The van der Waals surface area contributed by atoms with Crippen LogP contribution >= 0.6 is 27.7 Å². The molecule has 24 heavy (non-hydrogen) atoms. The van der Waals surface area contributed by atoms with Crippen LogP contribution in [0.1, 0.15) is 12.5 Å². The number of hydrogen-bond donors (Lipinski definition) is 2. The van der Waals surface area contributed by atoms with Crippen LogP contribution in [0.3, 0.4) is 0 Å². The average molecular weight is 407 g/mol. The standard InChI is InChI=1S/C18H19BrN2O2S/c1-13(22)21-17(12-24-16-9-5-8-15(19)10-16)18(23)20-11-14-6-3-2-4-7-14/h2-10,17H,11-12H2,1H3,(H,20,23)(H,21,22). The average Bonchev–Trinajstić information content (AvgIpc) is 2.57. The summed E-state index contributed by atoms with van der Waals surface area (Å²) in [7, 11) is 0. The van der Waals surface area contributed by atoms with Crippen LogP contribution in [0.25, 0.3) is 0 Å². The molecule has 0 heterocycles. The summed E-state index contributed by atoms with van der Waals surface area (Å²) in [4.78, 5) is 24.8. The molecule has 2 rings (SSSR count). The summed E-state index contributed by atoms with van der Waals surface area (Å²) in [6.45, 7) is 1.86. The Morgan fingerprint density at radius 3 is 2.54 bits per heavy atom. The van der Waals surface area contributed by atoms with Gasteiger partial charge in [0.05, 0.1) is 0 Å². The predicted octanol–water partition coefficient (Wildman–Crippen LogP) is 3.36. The molecule has 126 valence electrons. The third kappa shape index (κ3) is 6.37. The van der Waals surface area contributed by atoms with Crippen LogP contribution in [0.5, 0.6) is 0 Å². The Balaban J connectivity index is 1.93. The molecule has 6 heteroatoms. The maximum Gasteiger partial charge on any atom is 0.243 e. The molecule has 0 fully saturated rings. The summed E-state index contributed by atoms with van der Waals surface area (Å²) >= 11 is 4.96. The maximum absolute atomic E-state index is 12.4. The third-order valence-corrected chi connectivity index (χ3v) is 4.80. The largest absolute Gasteiger partial charge is 0.350 e. The monoisotopic (exact) mass is 406 g/mol. The summed E-state index contributed by atoms with van der Waals surface area (Å²) in [5.41, 5.74) is 1.02. The zero-order valence-corrected chi connectivity index (χ0v) is 15.7. The van der Waals surface area contributed by atoms with Gasteiger partial charge >= 0.3 is 0 Å². The summed E-state index contributed by atoms with van der Waals surface area (Å²) in [5.74, 6) is 0.0673. The zero-order chi connectivity index (χ0) is 17.4. The Morgan fingerprint density at radius 1 is 1.12 bits per heavy atom. The lowest BCUT2D eigenvalue weighted by Gasteiger charge is -2.17. The van der Waals surface area contributed by atoms with Gasteiger partial charge in [0.15, 0.2) is 0 Å². The van der Waals surface area contributed by atoms with Crippen molar-refractivity contribution in [2.75, 3.05) is 5.75 Å². The van der Waals surface area contributed by atoms with E-state index in [0.717, 1.165) is 14.9 Å². The van der Waals surface area contributed by atoms with Gasteiger partial charge in [0, 0.05) is 28.6 Å². The molecule has 0 saturated carbocycles. The summed E-state index contributed by atoms with van der Waals surface area (Å²) in [6, 6.07) is 17.0. The van der Waals surface area contributed by atoms with Gasteiger partial charge < -0.3 is 10.6 Å². The highest BCUT2D eigenvalue weighted by Gasteiger charge is 2.19. The Morgan fingerprint density at radius 2 is 1.88 bits per heavy atom. The summed E-state index contributed by atoms with van der Waals surface area (Å²) < 4.78 is 0.983. The van der Waals surface area contributed by atoms with Gasteiger partial charge in [-0.25, -0.2) is 0 Å². The first-order chi connectivity index (χ1) is 11.5. The van der Waals surface area contributed by atoms with E-state index in [1.807, 2.05) is 54.6 Å². The fraction of sp³-hybridized carbons (Fsp3) is 0.222. The summed E-state index contributed by atoms with van der Waals surface area (Å²) in [5, 5.41) is 5.59. The summed E-state index contributed by atoms with van der Waals surface area (Å²) in [6.07, 6.45) is 0. The van der Waals surface area contributed by atoms with E-state index in [-0.39, 0.29) is 11.8 Å². The minimum atomic E-state index is -0.574. The van der Waals surface area contributed by atoms with Gasteiger partial charge in [-0.1, -0.05) is 52.3 Å². The van der Waals surface area contributed by atoms with Crippen molar-refractivity contribution in [2.45, 2.75) is 24.4 Å². The second-order valence-electron chi connectivity index (χ2n) is 5.22. The van der Waals surface area contributed by atoms with Crippen molar-refractivity contribution < 1.29 is 9.59 Å². The lowest BCUT2D eigenvalue weighted by Crippen LogP contribution is -2.47. The molecule has 1 atom stereocenters. The first kappa shape index (κ1) is 18.5. The van der Waals surface area contributed by atoms with Crippen molar-refractivity contribution in [1.82, 2.24) is 10.6 Å². The van der Waals surface area contributed by atoms with Gasteiger partial charge in [0.1, 0.15) is 6.04 Å². The Bertz CT molecular complexity index is 694. The molecule has 1 unspecified atom stereocenters. The van der Waals surface area contributed by atoms with E-state index in [1.54, 1.807) is 0 Å². The quantitative estimate of drug-likeness (QED) is 0.692. The number of carbonyl (C=O) groups is 2. The van der Waals surface area contributed by atoms with Crippen LogP contribution in [-0.4, -0.2) is 23.6 Å². The molecule has 4 nitrogen and oxygen atoms in total. The number of nitrogens with one attached hydrogen (secondary N) is 2. The number of amides is 2. The number of rotatable bonds is 7. The van der Waals surface area contributed by atoms with Crippen molar-refractivity contribution >= 4 is 39.5 Å².